The minimum Gasteiger partial charge on any atom is -0.469 e. The van der Waals surface area contributed by atoms with Crippen molar-refractivity contribution in [3.05, 3.63) is 29.3 Å². The van der Waals surface area contributed by atoms with Gasteiger partial charge in [0.15, 0.2) is 0 Å². The standard InChI is InChI=1S/C13H17F2NO2/c1-8-5-10(15)11(6-9(8)14)16-7-13(2,3)12(17)18-4/h5-6,16H,7H2,1-4H3. The number of methoxy groups -OCH3 is 1. The highest BCUT2D eigenvalue weighted by Gasteiger charge is 2.28. The van der Waals surface area contributed by atoms with Crippen molar-refractivity contribution in [3.63, 3.8) is 0 Å². The number of halogens is 2. The lowest BCUT2D eigenvalue weighted by Gasteiger charge is -2.22. The molecule has 0 saturated carbocycles. The number of rotatable bonds is 4. The average Bonchev–Trinajstić information content (AvgIpc) is 2.31. The third-order valence-electron chi connectivity index (χ3n) is 2.71. The molecule has 18 heavy (non-hydrogen) atoms. The van der Waals surface area contributed by atoms with Gasteiger partial charge in [-0.1, -0.05) is 0 Å². The van der Waals surface area contributed by atoms with Gasteiger partial charge in [0.1, 0.15) is 11.6 Å². The van der Waals surface area contributed by atoms with Crippen LogP contribution in [0.4, 0.5) is 14.5 Å². The van der Waals surface area contributed by atoms with Crippen molar-refractivity contribution < 1.29 is 18.3 Å². The highest BCUT2D eigenvalue weighted by atomic mass is 19.1. The molecule has 0 aliphatic rings. The molecule has 1 rings (SSSR count). The van der Waals surface area contributed by atoms with E-state index in [2.05, 4.69) is 10.1 Å². The molecular formula is C13H17F2NO2. The van der Waals surface area contributed by atoms with Crippen LogP contribution in [0.3, 0.4) is 0 Å². The van der Waals surface area contributed by atoms with Crippen LogP contribution in [0.5, 0.6) is 0 Å². The van der Waals surface area contributed by atoms with E-state index in [4.69, 9.17) is 0 Å². The Balaban J connectivity index is 2.81. The Labute approximate surface area is 105 Å². The van der Waals surface area contributed by atoms with Crippen molar-refractivity contribution in [3.8, 4) is 0 Å². The molecule has 0 radical (unpaired) electrons. The fourth-order valence-electron chi connectivity index (χ4n) is 1.45. The van der Waals surface area contributed by atoms with Gasteiger partial charge in [0, 0.05) is 12.6 Å². The first kappa shape index (κ1) is 14.4. The monoisotopic (exact) mass is 257 g/mol. The molecule has 1 aromatic rings. The molecule has 0 aliphatic carbocycles. The summed E-state index contributed by atoms with van der Waals surface area (Å²) in [7, 11) is 1.29. The van der Waals surface area contributed by atoms with Crippen LogP contribution in [-0.4, -0.2) is 19.6 Å². The first-order valence-electron chi connectivity index (χ1n) is 5.56. The molecule has 0 aliphatic heterocycles. The summed E-state index contributed by atoms with van der Waals surface area (Å²) in [6, 6.07) is 2.20. The highest BCUT2D eigenvalue weighted by molar-refractivity contribution is 5.76. The molecule has 0 amide bonds. The summed E-state index contributed by atoms with van der Waals surface area (Å²) < 4.78 is 31.5. The summed E-state index contributed by atoms with van der Waals surface area (Å²) in [6.07, 6.45) is 0. The summed E-state index contributed by atoms with van der Waals surface area (Å²) in [5, 5.41) is 2.72. The van der Waals surface area contributed by atoms with Crippen LogP contribution in [0.15, 0.2) is 12.1 Å². The number of carbonyl (C=O) groups excluding carboxylic acids is 1. The minimum absolute atomic E-state index is 0.0371. The van der Waals surface area contributed by atoms with Gasteiger partial charge in [-0.15, -0.1) is 0 Å². The number of benzene rings is 1. The topological polar surface area (TPSA) is 38.3 Å². The number of anilines is 1. The van der Waals surface area contributed by atoms with Gasteiger partial charge in [-0.2, -0.15) is 0 Å². The number of ether oxygens (including phenoxy) is 1. The van der Waals surface area contributed by atoms with E-state index in [9.17, 15) is 13.6 Å². The Morgan fingerprint density at radius 2 is 1.94 bits per heavy atom. The van der Waals surface area contributed by atoms with E-state index in [1.165, 1.54) is 14.0 Å². The Bertz CT molecular complexity index is 459. The fourth-order valence-corrected chi connectivity index (χ4v) is 1.45. The number of carbonyl (C=O) groups is 1. The molecule has 1 aromatic carbocycles. The molecule has 1 N–H and O–H groups in total. The van der Waals surface area contributed by atoms with Gasteiger partial charge in [0.25, 0.3) is 0 Å². The molecule has 0 heterocycles. The van der Waals surface area contributed by atoms with Crippen LogP contribution in [-0.2, 0) is 9.53 Å². The van der Waals surface area contributed by atoms with Gasteiger partial charge in [0.2, 0.25) is 0 Å². The maximum absolute atomic E-state index is 13.5. The fraction of sp³-hybridized carbons (Fsp3) is 0.462. The summed E-state index contributed by atoms with van der Waals surface area (Å²) in [5.74, 6) is -1.45. The lowest BCUT2D eigenvalue weighted by molar-refractivity contribution is -0.149. The van der Waals surface area contributed by atoms with Crippen molar-refractivity contribution in [1.82, 2.24) is 0 Å². The quantitative estimate of drug-likeness (QED) is 0.843. The van der Waals surface area contributed by atoms with Crippen molar-refractivity contribution >= 4 is 11.7 Å². The molecule has 0 spiro atoms. The predicted molar refractivity (Wildman–Crippen MR) is 65.4 cm³/mol. The first-order valence-corrected chi connectivity index (χ1v) is 5.56. The number of hydrogen-bond acceptors (Lipinski definition) is 3. The second-order valence-electron chi connectivity index (χ2n) is 4.81. The molecular weight excluding hydrogens is 240 g/mol. The van der Waals surface area contributed by atoms with Gasteiger partial charge in [-0.05, 0) is 32.4 Å². The maximum atomic E-state index is 13.5. The zero-order chi connectivity index (χ0) is 13.9. The Kier molecular flexibility index (Phi) is 4.27. The first-order chi connectivity index (χ1) is 8.27. The van der Waals surface area contributed by atoms with Gasteiger partial charge in [-0.25, -0.2) is 8.78 Å². The lowest BCUT2D eigenvalue weighted by Crippen LogP contribution is -2.33. The Morgan fingerprint density at radius 3 is 2.50 bits per heavy atom. The van der Waals surface area contributed by atoms with E-state index in [0.717, 1.165) is 12.1 Å². The van der Waals surface area contributed by atoms with Crippen molar-refractivity contribution in [2.24, 2.45) is 5.41 Å². The summed E-state index contributed by atoms with van der Waals surface area (Å²) in [6.45, 7) is 4.96. The molecule has 0 fully saturated rings. The largest absolute Gasteiger partial charge is 0.469 e. The maximum Gasteiger partial charge on any atom is 0.313 e. The summed E-state index contributed by atoms with van der Waals surface area (Å²) >= 11 is 0. The number of esters is 1. The van der Waals surface area contributed by atoms with Crippen LogP contribution >= 0.6 is 0 Å². The van der Waals surface area contributed by atoms with E-state index in [-0.39, 0.29) is 17.8 Å². The molecule has 3 nitrogen and oxygen atoms in total. The molecule has 0 unspecified atom stereocenters. The van der Waals surface area contributed by atoms with Crippen molar-refractivity contribution in [2.75, 3.05) is 19.0 Å². The van der Waals surface area contributed by atoms with Crippen LogP contribution < -0.4 is 5.32 Å². The second kappa shape index (κ2) is 5.33. The van der Waals surface area contributed by atoms with E-state index >= 15 is 0 Å². The number of nitrogens with one attached hydrogen (secondary N) is 1. The highest BCUT2D eigenvalue weighted by Crippen LogP contribution is 2.22. The van der Waals surface area contributed by atoms with E-state index in [0.29, 0.717) is 0 Å². The molecule has 0 saturated heterocycles. The molecule has 0 bridgehead atoms. The number of hydrogen-bond donors (Lipinski definition) is 1. The lowest BCUT2D eigenvalue weighted by atomic mass is 9.93. The molecule has 100 valence electrons. The van der Waals surface area contributed by atoms with Crippen molar-refractivity contribution in [2.45, 2.75) is 20.8 Å². The summed E-state index contributed by atoms with van der Waals surface area (Å²) in [5.41, 5.74) is -0.539. The van der Waals surface area contributed by atoms with E-state index in [1.54, 1.807) is 13.8 Å². The third kappa shape index (κ3) is 3.18. The van der Waals surface area contributed by atoms with Crippen LogP contribution in [0.1, 0.15) is 19.4 Å². The van der Waals surface area contributed by atoms with Crippen molar-refractivity contribution in [1.29, 1.82) is 0 Å². The molecule has 5 heteroatoms. The molecule has 0 atom stereocenters. The van der Waals surface area contributed by atoms with E-state index < -0.39 is 23.0 Å². The smallest absolute Gasteiger partial charge is 0.313 e. The minimum atomic E-state index is -0.817. The van der Waals surface area contributed by atoms with E-state index in [1.807, 2.05) is 0 Å². The van der Waals surface area contributed by atoms with Gasteiger partial charge in [-0.3, -0.25) is 4.79 Å². The SMILES string of the molecule is COC(=O)C(C)(C)CNc1cc(F)c(C)cc1F. The molecule has 0 aromatic heterocycles. The van der Waals surface area contributed by atoms with Crippen LogP contribution in [0, 0.1) is 24.0 Å². The van der Waals surface area contributed by atoms with Gasteiger partial charge < -0.3 is 10.1 Å². The summed E-state index contributed by atoms with van der Waals surface area (Å²) in [4.78, 5) is 11.4. The third-order valence-corrected chi connectivity index (χ3v) is 2.71. The van der Waals surface area contributed by atoms with Gasteiger partial charge in [0.05, 0.1) is 18.2 Å². The van der Waals surface area contributed by atoms with Crippen LogP contribution in [0.25, 0.3) is 0 Å². The second-order valence-corrected chi connectivity index (χ2v) is 4.81. The number of aryl methyl sites for hydroxylation is 1. The zero-order valence-electron chi connectivity index (χ0n) is 10.9. The predicted octanol–water partition coefficient (Wildman–Crippen LogP) is 2.88. The van der Waals surface area contributed by atoms with Gasteiger partial charge >= 0.3 is 5.97 Å². The Hall–Kier alpha value is -1.65. The Morgan fingerprint density at radius 1 is 1.33 bits per heavy atom. The van der Waals surface area contributed by atoms with Crippen LogP contribution in [0.2, 0.25) is 0 Å². The normalized spacial score (nSPS) is 11.2. The average molecular weight is 257 g/mol. The zero-order valence-corrected chi connectivity index (χ0v) is 10.9.